The minimum absolute atomic E-state index is 0.0377. The number of amides is 1. The van der Waals surface area contributed by atoms with E-state index in [1.54, 1.807) is 50.6 Å². The highest BCUT2D eigenvalue weighted by atomic mass is 32.2. The number of nitrogens with zero attached hydrogens (tertiary/aromatic N) is 4. The molecule has 0 radical (unpaired) electrons. The number of nitrogens with one attached hydrogen (secondary N) is 1. The van der Waals surface area contributed by atoms with E-state index in [0.717, 1.165) is 29.1 Å². The number of halogens is 3. The number of thioether (sulfide) groups is 1. The third-order valence-corrected chi connectivity index (χ3v) is 5.10. The molecule has 0 aliphatic carbocycles. The summed E-state index contributed by atoms with van der Waals surface area (Å²) in [5.41, 5.74) is 1.09. The van der Waals surface area contributed by atoms with E-state index in [4.69, 9.17) is 0 Å². The van der Waals surface area contributed by atoms with Gasteiger partial charge < -0.3 is 10.2 Å². The van der Waals surface area contributed by atoms with Crippen molar-refractivity contribution in [2.45, 2.75) is 23.6 Å². The molecule has 0 unspecified atom stereocenters. The maximum Gasteiger partial charge on any atom is 0.433 e. The lowest BCUT2D eigenvalue weighted by molar-refractivity contribution is -0.141. The van der Waals surface area contributed by atoms with Crippen LogP contribution in [0.3, 0.4) is 0 Å². The van der Waals surface area contributed by atoms with E-state index >= 15 is 0 Å². The minimum atomic E-state index is -4.55. The summed E-state index contributed by atoms with van der Waals surface area (Å²) in [7, 11) is 3.24. The van der Waals surface area contributed by atoms with Gasteiger partial charge >= 0.3 is 6.18 Å². The molecule has 0 bridgehead atoms. The van der Waals surface area contributed by atoms with Crippen molar-refractivity contribution in [3.63, 3.8) is 0 Å². The maximum absolute atomic E-state index is 13.1. The van der Waals surface area contributed by atoms with Gasteiger partial charge in [0.05, 0.1) is 12.2 Å². The lowest BCUT2D eigenvalue weighted by atomic mass is 10.1. The summed E-state index contributed by atoms with van der Waals surface area (Å²) in [6, 6.07) is 13.2. The molecule has 0 saturated heterocycles. The molecular formula is C21H20F3N5OS. The Labute approximate surface area is 181 Å². The molecule has 2 heterocycles. The van der Waals surface area contributed by atoms with Gasteiger partial charge in [0, 0.05) is 37.7 Å². The van der Waals surface area contributed by atoms with Crippen LogP contribution in [-0.4, -0.2) is 35.0 Å². The Morgan fingerprint density at radius 3 is 2.45 bits per heavy atom. The highest BCUT2D eigenvalue weighted by Crippen LogP contribution is 2.31. The first-order chi connectivity index (χ1) is 14.7. The van der Waals surface area contributed by atoms with Crippen molar-refractivity contribution in [3.8, 4) is 0 Å². The zero-order chi connectivity index (χ0) is 22.4. The van der Waals surface area contributed by atoms with E-state index in [-0.39, 0.29) is 16.9 Å². The Morgan fingerprint density at radius 2 is 1.84 bits per heavy atom. The number of anilines is 1. The number of pyridine rings is 1. The molecule has 0 spiro atoms. The Kier molecular flexibility index (Phi) is 7.11. The van der Waals surface area contributed by atoms with Gasteiger partial charge in [-0.3, -0.25) is 9.78 Å². The van der Waals surface area contributed by atoms with Gasteiger partial charge in [0.25, 0.3) is 5.91 Å². The average molecular weight is 447 g/mol. The first kappa shape index (κ1) is 22.5. The fourth-order valence-corrected chi connectivity index (χ4v) is 3.34. The van der Waals surface area contributed by atoms with Crippen molar-refractivity contribution in [1.29, 1.82) is 0 Å². The number of aromatic nitrogens is 3. The van der Waals surface area contributed by atoms with Crippen molar-refractivity contribution < 1.29 is 18.0 Å². The van der Waals surface area contributed by atoms with Gasteiger partial charge in [0.15, 0.2) is 10.9 Å². The largest absolute Gasteiger partial charge is 0.433 e. The molecule has 3 aromatic rings. The number of carbonyl (C=O) groups excluding carboxylic acids is 1. The molecule has 162 valence electrons. The normalized spacial score (nSPS) is 11.3. The lowest BCUT2D eigenvalue weighted by Gasteiger charge is -2.15. The van der Waals surface area contributed by atoms with E-state index in [1.807, 2.05) is 12.1 Å². The number of alkyl halides is 3. The van der Waals surface area contributed by atoms with Crippen LogP contribution in [0.4, 0.5) is 19.0 Å². The molecule has 31 heavy (non-hydrogen) atoms. The first-order valence-electron chi connectivity index (χ1n) is 9.26. The Balaban J connectivity index is 1.62. The molecule has 6 nitrogen and oxygen atoms in total. The predicted octanol–water partition coefficient (Wildman–Crippen LogP) is 4.18. The molecule has 10 heteroatoms. The van der Waals surface area contributed by atoms with Crippen LogP contribution in [-0.2, 0) is 18.5 Å². The summed E-state index contributed by atoms with van der Waals surface area (Å²) in [6.45, 7) is 0.318. The van der Waals surface area contributed by atoms with E-state index < -0.39 is 11.9 Å². The lowest BCUT2D eigenvalue weighted by Crippen LogP contribution is -2.23. The van der Waals surface area contributed by atoms with E-state index in [9.17, 15) is 18.0 Å². The van der Waals surface area contributed by atoms with Crippen molar-refractivity contribution in [2.24, 2.45) is 0 Å². The second-order valence-corrected chi connectivity index (χ2v) is 7.72. The Hall–Kier alpha value is -3.14. The summed E-state index contributed by atoms with van der Waals surface area (Å²) >= 11 is 1.10. The highest BCUT2D eigenvalue weighted by molar-refractivity contribution is 7.98. The van der Waals surface area contributed by atoms with Crippen molar-refractivity contribution in [3.05, 3.63) is 77.2 Å². The molecule has 0 fully saturated rings. The van der Waals surface area contributed by atoms with Crippen LogP contribution in [0.2, 0.25) is 0 Å². The SMILES string of the molecule is CN(C)c1cc(C(F)(F)F)nc(SCc2ccc(C(=O)NCc3ccccn3)cc2)n1. The van der Waals surface area contributed by atoms with Crippen LogP contribution < -0.4 is 10.2 Å². The number of carbonyl (C=O) groups is 1. The Morgan fingerprint density at radius 1 is 1.10 bits per heavy atom. The number of rotatable bonds is 7. The number of hydrogen-bond donors (Lipinski definition) is 1. The van der Waals surface area contributed by atoms with Crippen molar-refractivity contribution >= 4 is 23.5 Å². The van der Waals surface area contributed by atoms with Gasteiger partial charge in [0.1, 0.15) is 5.82 Å². The summed E-state index contributed by atoms with van der Waals surface area (Å²) in [4.78, 5) is 25.7. The summed E-state index contributed by atoms with van der Waals surface area (Å²) in [5, 5.41) is 2.83. The van der Waals surface area contributed by atoms with Crippen LogP contribution in [0.5, 0.6) is 0 Å². The molecule has 1 aromatic carbocycles. The highest BCUT2D eigenvalue weighted by Gasteiger charge is 2.34. The zero-order valence-corrected chi connectivity index (χ0v) is 17.7. The molecule has 1 amide bonds. The van der Waals surface area contributed by atoms with E-state index in [0.29, 0.717) is 17.9 Å². The summed E-state index contributed by atoms with van der Waals surface area (Å²) < 4.78 is 39.3. The van der Waals surface area contributed by atoms with Gasteiger partial charge in [0.2, 0.25) is 0 Å². The van der Waals surface area contributed by atoms with Crippen molar-refractivity contribution in [2.75, 3.05) is 19.0 Å². The summed E-state index contributed by atoms with van der Waals surface area (Å²) in [5.74, 6) is 0.316. The smallest absolute Gasteiger partial charge is 0.363 e. The molecule has 2 aromatic heterocycles. The molecule has 3 rings (SSSR count). The van der Waals surface area contributed by atoms with Crippen LogP contribution in [0, 0.1) is 0 Å². The minimum Gasteiger partial charge on any atom is -0.363 e. The van der Waals surface area contributed by atoms with Crippen LogP contribution >= 0.6 is 11.8 Å². The fourth-order valence-electron chi connectivity index (χ4n) is 2.53. The van der Waals surface area contributed by atoms with Gasteiger partial charge in [-0.2, -0.15) is 13.2 Å². The number of hydrogen-bond acceptors (Lipinski definition) is 6. The second-order valence-electron chi connectivity index (χ2n) is 6.78. The topological polar surface area (TPSA) is 71.0 Å². The third-order valence-electron chi connectivity index (χ3n) is 4.18. The van der Waals surface area contributed by atoms with Crippen LogP contribution in [0.15, 0.2) is 59.9 Å². The van der Waals surface area contributed by atoms with Gasteiger partial charge in [-0.15, -0.1) is 0 Å². The zero-order valence-electron chi connectivity index (χ0n) is 16.8. The fraction of sp³-hybridized carbons (Fsp3) is 0.238. The first-order valence-corrected chi connectivity index (χ1v) is 10.2. The quantitative estimate of drug-likeness (QED) is 0.433. The van der Waals surface area contributed by atoms with E-state index in [1.165, 1.54) is 4.90 Å². The second kappa shape index (κ2) is 9.78. The van der Waals surface area contributed by atoms with Gasteiger partial charge in [-0.25, -0.2) is 9.97 Å². The molecule has 1 N–H and O–H groups in total. The standard InChI is InChI=1S/C21H20F3N5OS/c1-29(2)18-11-17(21(22,23)24)27-20(28-18)31-13-14-6-8-15(9-7-14)19(30)26-12-16-5-3-4-10-25-16/h3-11H,12-13H2,1-2H3,(H,26,30). The number of benzene rings is 1. The van der Waals surface area contributed by atoms with Gasteiger partial charge in [-0.05, 0) is 29.8 Å². The summed E-state index contributed by atoms with van der Waals surface area (Å²) in [6.07, 6.45) is -2.89. The maximum atomic E-state index is 13.1. The molecule has 0 aliphatic rings. The van der Waals surface area contributed by atoms with Crippen LogP contribution in [0.25, 0.3) is 0 Å². The molecule has 0 atom stereocenters. The third kappa shape index (κ3) is 6.42. The monoisotopic (exact) mass is 447 g/mol. The molecular weight excluding hydrogens is 427 g/mol. The van der Waals surface area contributed by atoms with E-state index in [2.05, 4.69) is 20.3 Å². The van der Waals surface area contributed by atoms with Gasteiger partial charge in [-0.1, -0.05) is 30.0 Å². The molecule has 0 saturated carbocycles. The van der Waals surface area contributed by atoms with Crippen molar-refractivity contribution in [1.82, 2.24) is 20.3 Å². The average Bonchev–Trinajstić information content (AvgIpc) is 2.76. The Bertz CT molecular complexity index is 1030. The molecule has 0 aliphatic heterocycles. The van der Waals surface area contributed by atoms with Crippen LogP contribution in [0.1, 0.15) is 27.3 Å². The predicted molar refractivity (Wildman–Crippen MR) is 113 cm³/mol.